The fourth-order valence-electron chi connectivity index (χ4n) is 0.388. The van der Waals surface area contributed by atoms with Crippen LogP contribution in [0.25, 0.3) is 0 Å². The molecule has 0 heterocycles. The molecule has 0 atom stereocenters. The summed E-state index contributed by atoms with van der Waals surface area (Å²) in [6.07, 6.45) is 0. The van der Waals surface area contributed by atoms with E-state index in [1.54, 1.807) is 0 Å². The SMILES string of the molecule is O=C(CF)OCCOC(=O)CF. The first-order chi connectivity index (χ1) is 5.70. The minimum absolute atomic E-state index is 0.255. The summed E-state index contributed by atoms with van der Waals surface area (Å²) in [5.41, 5.74) is 0. The van der Waals surface area contributed by atoms with Crippen LogP contribution in [0, 0.1) is 0 Å². The van der Waals surface area contributed by atoms with E-state index in [0.717, 1.165) is 0 Å². The van der Waals surface area contributed by atoms with Gasteiger partial charge in [0, 0.05) is 0 Å². The Bertz CT molecular complexity index is 142. The van der Waals surface area contributed by atoms with Gasteiger partial charge in [-0.2, -0.15) is 0 Å². The standard InChI is InChI=1S/C6H8F2O4/c7-3-5(9)11-1-2-12-6(10)4-8/h1-4H2. The van der Waals surface area contributed by atoms with Gasteiger partial charge in [-0.25, -0.2) is 18.4 Å². The lowest BCUT2D eigenvalue weighted by Crippen LogP contribution is -2.15. The molecule has 0 saturated carbocycles. The van der Waals surface area contributed by atoms with Gasteiger partial charge >= 0.3 is 11.9 Å². The van der Waals surface area contributed by atoms with E-state index in [1.165, 1.54) is 0 Å². The molecule has 0 aliphatic carbocycles. The van der Waals surface area contributed by atoms with E-state index in [1.807, 2.05) is 0 Å². The highest BCUT2D eigenvalue weighted by atomic mass is 19.1. The maximum absolute atomic E-state index is 11.4. The monoisotopic (exact) mass is 182 g/mol. The molecule has 0 aliphatic heterocycles. The number of hydrogen-bond donors (Lipinski definition) is 0. The highest BCUT2D eigenvalue weighted by Gasteiger charge is 2.02. The van der Waals surface area contributed by atoms with Crippen molar-refractivity contribution in [2.24, 2.45) is 0 Å². The van der Waals surface area contributed by atoms with Gasteiger partial charge in [-0.1, -0.05) is 0 Å². The van der Waals surface area contributed by atoms with Gasteiger partial charge in [0.2, 0.25) is 0 Å². The molecule has 0 saturated heterocycles. The van der Waals surface area contributed by atoms with Crippen molar-refractivity contribution < 1.29 is 27.8 Å². The second-order valence-electron chi connectivity index (χ2n) is 1.71. The van der Waals surface area contributed by atoms with Crippen molar-refractivity contribution in [1.29, 1.82) is 0 Å². The molecule has 6 heteroatoms. The van der Waals surface area contributed by atoms with Crippen LogP contribution in [0.2, 0.25) is 0 Å². The third kappa shape index (κ3) is 5.57. The van der Waals surface area contributed by atoms with Crippen LogP contribution in [-0.2, 0) is 19.1 Å². The van der Waals surface area contributed by atoms with Crippen molar-refractivity contribution in [3.05, 3.63) is 0 Å². The fourth-order valence-corrected chi connectivity index (χ4v) is 0.388. The zero-order valence-corrected chi connectivity index (χ0v) is 6.22. The number of carbonyl (C=O) groups excluding carboxylic acids is 2. The van der Waals surface area contributed by atoms with Crippen LogP contribution in [0.4, 0.5) is 8.78 Å². The minimum atomic E-state index is -1.23. The number of halogens is 2. The third-order valence-electron chi connectivity index (χ3n) is 0.828. The molecule has 0 aromatic heterocycles. The Balaban J connectivity index is 3.21. The van der Waals surface area contributed by atoms with Gasteiger partial charge in [0.15, 0.2) is 13.3 Å². The topological polar surface area (TPSA) is 52.6 Å². The van der Waals surface area contributed by atoms with Crippen LogP contribution in [0.1, 0.15) is 0 Å². The van der Waals surface area contributed by atoms with Crippen LogP contribution in [0.5, 0.6) is 0 Å². The molecule has 0 N–H and O–H groups in total. The minimum Gasteiger partial charge on any atom is -0.460 e. The van der Waals surface area contributed by atoms with E-state index in [2.05, 4.69) is 9.47 Å². The molecule has 0 amide bonds. The molecule has 0 aromatic carbocycles. The molecule has 0 rings (SSSR count). The van der Waals surface area contributed by atoms with E-state index >= 15 is 0 Å². The quantitative estimate of drug-likeness (QED) is 0.444. The molecule has 0 spiro atoms. The molecule has 70 valence electrons. The predicted molar refractivity (Wildman–Crippen MR) is 33.9 cm³/mol. The smallest absolute Gasteiger partial charge is 0.337 e. The Morgan fingerprint density at radius 2 is 1.25 bits per heavy atom. The number of esters is 2. The number of carbonyl (C=O) groups is 2. The van der Waals surface area contributed by atoms with Gasteiger partial charge < -0.3 is 9.47 Å². The molecule has 0 unspecified atom stereocenters. The average molecular weight is 182 g/mol. The summed E-state index contributed by atoms with van der Waals surface area (Å²) in [6.45, 7) is -2.96. The number of ether oxygens (including phenoxy) is 2. The highest BCUT2D eigenvalue weighted by Crippen LogP contribution is 1.83. The van der Waals surface area contributed by atoms with Gasteiger partial charge in [0.25, 0.3) is 0 Å². The number of alkyl halides is 2. The van der Waals surface area contributed by atoms with Crippen molar-refractivity contribution in [1.82, 2.24) is 0 Å². The van der Waals surface area contributed by atoms with Crippen LogP contribution in [-0.4, -0.2) is 38.5 Å². The summed E-state index contributed by atoms with van der Waals surface area (Å²) < 4.78 is 31.1. The van der Waals surface area contributed by atoms with Gasteiger partial charge in [0.05, 0.1) is 0 Å². The lowest BCUT2D eigenvalue weighted by Gasteiger charge is -2.02. The van der Waals surface area contributed by atoms with Crippen molar-refractivity contribution in [2.75, 3.05) is 26.6 Å². The summed E-state index contributed by atoms with van der Waals surface area (Å²) in [4.78, 5) is 20.2. The molecular formula is C6H8F2O4. The molecule has 0 fully saturated rings. The maximum Gasteiger partial charge on any atom is 0.337 e. The zero-order valence-electron chi connectivity index (χ0n) is 6.22. The summed E-state index contributed by atoms with van der Waals surface area (Å²) >= 11 is 0. The van der Waals surface area contributed by atoms with E-state index in [9.17, 15) is 18.4 Å². The second kappa shape index (κ2) is 6.51. The van der Waals surface area contributed by atoms with E-state index in [4.69, 9.17) is 0 Å². The average Bonchev–Trinajstić information content (AvgIpc) is 2.11. The number of hydrogen-bond acceptors (Lipinski definition) is 4. The summed E-state index contributed by atoms with van der Waals surface area (Å²) in [5, 5.41) is 0. The Labute approximate surface area is 67.4 Å². The lowest BCUT2D eigenvalue weighted by atomic mass is 10.7. The lowest BCUT2D eigenvalue weighted by molar-refractivity contribution is -0.153. The maximum atomic E-state index is 11.4. The fraction of sp³-hybridized carbons (Fsp3) is 0.667. The van der Waals surface area contributed by atoms with Crippen molar-refractivity contribution >= 4 is 11.9 Å². The summed E-state index contributed by atoms with van der Waals surface area (Å²) in [7, 11) is 0. The predicted octanol–water partition coefficient (Wildman–Crippen LogP) is 0.0118. The largest absolute Gasteiger partial charge is 0.460 e. The Morgan fingerprint density at radius 3 is 1.50 bits per heavy atom. The summed E-state index contributed by atoms with van der Waals surface area (Å²) in [5.74, 6) is -2.07. The van der Waals surface area contributed by atoms with Crippen LogP contribution in [0.15, 0.2) is 0 Å². The Hall–Kier alpha value is -1.20. The molecule has 0 bridgehead atoms. The van der Waals surface area contributed by atoms with Gasteiger partial charge in [-0.3, -0.25) is 0 Å². The van der Waals surface area contributed by atoms with E-state index < -0.39 is 25.3 Å². The van der Waals surface area contributed by atoms with Gasteiger partial charge in [0.1, 0.15) is 13.2 Å². The van der Waals surface area contributed by atoms with Gasteiger partial charge in [-0.15, -0.1) is 0 Å². The van der Waals surface area contributed by atoms with Crippen molar-refractivity contribution in [3.63, 3.8) is 0 Å². The van der Waals surface area contributed by atoms with Crippen LogP contribution < -0.4 is 0 Å². The molecule has 0 aromatic rings. The third-order valence-corrected chi connectivity index (χ3v) is 0.828. The molecule has 0 aliphatic rings. The Morgan fingerprint density at radius 1 is 0.917 bits per heavy atom. The molecule has 12 heavy (non-hydrogen) atoms. The first kappa shape index (κ1) is 10.8. The highest BCUT2D eigenvalue weighted by molar-refractivity contribution is 5.71. The van der Waals surface area contributed by atoms with E-state index in [-0.39, 0.29) is 13.2 Å². The zero-order chi connectivity index (χ0) is 9.40. The number of rotatable bonds is 5. The first-order valence-electron chi connectivity index (χ1n) is 3.14. The summed E-state index contributed by atoms with van der Waals surface area (Å²) in [6, 6.07) is 0. The van der Waals surface area contributed by atoms with Crippen molar-refractivity contribution in [2.45, 2.75) is 0 Å². The Kier molecular flexibility index (Phi) is 5.86. The molecular weight excluding hydrogens is 174 g/mol. The molecule has 4 nitrogen and oxygen atoms in total. The normalized spacial score (nSPS) is 9.17. The van der Waals surface area contributed by atoms with Crippen LogP contribution in [0.3, 0.4) is 0 Å². The van der Waals surface area contributed by atoms with Crippen LogP contribution >= 0.6 is 0 Å². The second-order valence-corrected chi connectivity index (χ2v) is 1.71. The van der Waals surface area contributed by atoms with E-state index in [0.29, 0.717) is 0 Å². The van der Waals surface area contributed by atoms with Gasteiger partial charge in [-0.05, 0) is 0 Å². The van der Waals surface area contributed by atoms with Crippen molar-refractivity contribution in [3.8, 4) is 0 Å². The molecule has 0 radical (unpaired) electrons. The first-order valence-corrected chi connectivity index (χ1v) is 3.14.